The van der Waals surface area contributed by atoms with Gasteiger partial charge in [-0.1, -0.05) is 0 Å². The molecule has 0 bridgehead atoms. The maximum Gasteiger partial charge on any atom is 0.267 e. The normalized spacial score (nSPS) is 16.0. The summed E-state index contributed by atoms with van der Waals surface area (Å²) in [5.74, 6) is 0. The van der Waals surface area contributed by atoms with Crippen LogP contribution in [0.25, 0.3) is 0 Å². The molecule has 11 heavy (non-hydrogen) atoms. The standard InChI is InChI=1S/C8H10N2O/c11-8-7-4-2-1-3-6(7)5-9-10-8/h5H,1-4H2,(H,10,11). The van der Waals surface area contributed by atoms with Crippen LogP contribution < -0.4 is 5.56 Å². The number of hydrogen-bond donors (Lipinski definition) is 1. The minimum Gasteiger partial charge on any atom is -0.268 e. The third kappa shape index (κ3) is 1.06. The maximum atomic E-state index is 11.1. The van der Waals surface area contributed by atoms with Crippen LogP contribution in [0, 0.1) is 0 Å². The van der Waals surface area contributed by atoms with E-state index in [1.807, 2.05) is 0 Å². The van der Waals surface area contributed by atoms with Crippen molar-refractivity contribution in [2.75, 3.05) is 0 Å². The van der Waals surface area contributed by atoms with Crippen molar-refractivity contribution in [1.29, 1.82) is 0 Å². The second kappa shape index (κ2) is 2.49. The highest BCUT2D eigenvalue weighted by molar-refractivity contribution is 5.22. The van der Waals surface area contributed by atoms with Crippen molar-refractivity contribution < 1.29 is 0 Å². The van der Waals surface area contributed by atoms with Gasteiger partial charge in [0.15, 0.2) is 0 Å². The highest BCUT2D eigenvalue weighted by atomic mass is 16.1. The van der Waals surface area contributed by atoms with Crippen LogP contribution in [-0.2, 0) is 12.8 Å². The van der Waals surface area contributed by atoms with Gasteiger partial charge in [-0.2, -0.15) is 5.10 Å². The van der Waals surface area contributed by atoms with Gasteiger partial charge in [-0.05, 0) is 31.2 Å². The number of aryl methyl sites for hydroxylation is 1. The summed E-state index contributed by atoms with van der Waals surface area (Å²) in [5.41, 5.74) is 2.09. The molecule has 1 N–H and O–H groups in total. The van der Waals surface area contributed by atoms with E-state index in [0.717, 1.165) is 30.4 Å². The summed E-state index contributed by atoms with van der Waals surface area (Å²) < 4.78 is 0. The lowest BCUT2D eigenvalue weighted by atomic mass is 9.94. The minimum absolute atomic E-state index is 0.00204. The Morgan fingerprint density at radius 1 is 1.36 bits per heavy atom. The van der Waals surface area contributed by atoms with Gasteiger partial charge in [0.2, 0.25) is 0 Å². The molecule has 1 heterocycles. The SMILES string of the molecule is O=c1[nH]ncc2c1CCCC2. The van der Waals surface area contributed by atoms with Crippen molar-refractivity contribution in [2.45, 2.75) is 25.7 Å². The highest BCUT2D eigenvalue weighted by Gasteiger charge is 2.11. The van der Waals surface area contributed by atoms with Gasteiger partial charge in [-0.15, -0.1) is 0 Å². The van der Waals surface area contributed by atoms with Crippen molar-refractivity contribution in [2.24, 2.45) is 0 Å². The van der Waals surface area contributed by atoms with Gasteiger partial charge in [0.1, 0.15) is 0 Å². The summed E-state index contributed by atoms with van der Waals surface area (Å²) in [6.07, 6.45) is 6.05. The van der Waals surface area contributed by atoms with Crippen LogP contribution in [0.3, 0.4) is 0 Å². The number of H-pyrrole nitrogens is 1. The van der Waals surface area contributed by atoms with Gasteiger partial charge in [0, 0.05) is 5.56 Å². The third-order valence-electron chi connectivity index (χ3n) is 2.17. The highest BCUT2D eigenvalue weighted by Crippen LogP contribution is 2.15. The Morgan fingerprint density at radius 3 is 3.00 bits per heavy atom. The lowest BCUT2D eigenvalue weighted by Gasteiger charge is -2.12. The lowest BCUT2D eigenvalue weighted by Crippen LogP contribution is -2.19. The Kier molecular flexibility index (Phi) is 1.49. The molecule has 0 unspecified atom stereocenters. The zero-order valence-corrected chi connectivity index (χ0v) is 6.26. The smallest absolute Gasteiger partial charge is 0.267 e. The summed E-state index contributed by atoms with van der Waals surface area (Å²) >= 11 is 0. The molecule has 1 aliphatic carbocycles. The first-order chi connectivity index (χ1) is 5.38. The van der Waals surface area contributed by atoms with Gasteiger partial charge in [-0.3, -0.25) is 4.79 Å². The molecule has 0 fully saturated rings. The molecule has 1 aromatic rings. The average Bonchev–Trinajstić information content (AvgIpc) is 2.06. The van der Waals surface area contributed by atoms with Crippen LogP contribution in [0.5, 0.6) is 0 Å². The van der Waals surface area contributed by atoms with Crippen molar-refractivity contribution in [3.63, 3.8) is 0 Å². The average molecular weight is 150 g/mol. The van der Waals surface area contributed by atoms with Crippen molar-refractivity contribution in [3.05, 3.63) is 27.7 Å². The first-order valence-electron chi connectivity index (χ1n) is 3.93. The molecule has 0 radical (unpaired) electrons. The fourth-order valence-electron chi connectivity index (χ4n) is 1.57. The van der Waals surface area contributed by atoms with E-state index in [1.165, 1.54) is 6.42 Å². The van der Waals surface area contributed by atoms with Crippen LogP contribution in [0.1, 0.15) is 24.0 Å². The molecule has 0 spiro atoms. The number of aromatic nitrogens is 2. The molecule has 0 aromatic carbocycles. The van der Waals surface area contributed by atoms with Crippen molar-refractivity contribution in [3.8, 4) is 0 Å². The topological polar surface area (TPSA) is 45.8 Å². The molecular weight excluding hydrogens is 140 g/mol. The third-order valence-corrected chi connectivity index (χ3v) is 2.17. The van der Waals surface area contributed by atoms with Crippen LogP contribution in [0.2, 0.25) is 0 Å². The number of hydrogen-bond acceptors (Lipinski definition) is 2. The molecule has 1 aromatic heterocycles. The zero-order valence-electron chi connectivity index (χ0n) is 6.26. The molecular formula is C8H10N2O. The Labute approximate surface area is 64.5 Å². The number of fused-ring (bicyclic) bond motifs is 1. The largest absolute Gasteiger partial charge is 0.268 e. The van der Waals surface area contributed by atoms with E-state index < -0.39 is 0 Å². The number of rotatable bonds is 0. The molecule has 3 nitrogen and oxygen atoms in total. The molecule has 0 aliphatic heterocycles. The fraction of sp³-hybridized carbons (Fsp3) is 0.500. The van der Waals surface area contributed by atoms with E-state index in [1.54, 1.807) is 6.20 Å². The Morgan fingerprint density at radius 2 is 2.18 bits per heavy atom. The zero-order chi connectivity index (χ0) is 7.68. The second-order valence-corrected chi connectivity index (χ2v) is 2.91. The molecule has 0 saturated heterocycles. The van der Waals surface area contributed by atoms with Crippen LogP contribution >= 0.6 is 0 Å². The van der Waals surface area contributed by atoms with Gasteiger partial charge in [0.25, 0.3) is 5.56 Å². The van der Waals surface area contributed by atoms with E-state index >= 15 is 0 Å². The minimum atomic E-state index is 0.00204. The summed E-state index contributed by atoms with van der Waals surface area (Å²) in [6, 6.07) is 0. The molecule has 0 atom stereocenters. The van der Waals surface area contributed by atoms with Gasteiger partial charge >= 0.3 is 0 Å². The van der Waals surface area contributed by atoms with Gasteiger partial charge in [-0.25, -0.2) is 5.10 Å². The molecule has 2 rings (SSSR count). The van der Waals surface area contributed by atoms with E-state index in [2.05, 4.69) is 10.2 Å². The second-order valence-electron chi connectivity index (χ2n) is 2.91. The predicted molar refractivity (Wildman–Crippen MR) is 41.5 cm³/mol. The first-order valence-corrected chi connectivity index (χ1v) is 3.93. The van der Waals surface area contributed by atoms with Gasteiger partial charge < -0.3 is 0 Å². The van der Waals surface area contributed by atoms with E-state index in [9.17, 15) is 4.79 Å². The van der Waals surface area contributed by atoms with E-state index in [-0.39, 0.29) is 5.56 Å². The van der Waals surface area contributed by atoms with Crippen LogP contribution in [0.4, 0.5) is 0 Å². The Bertz CT molecular complexity index is 316. The number of nitrogens with zero attached hydrogens (tertiary/aromatic N) is 1. The maximum absolute atomic E-state index is 11.1. The van der Waals surface area contributed by atoms with Crippen LogP contribution in [-0.4, -0.2) is 10.2 Å². The summed E-state index contributed by atoms with van der Waals surface area (Å²) in [5, 5.41) is 6.21. The summed E-state index contributed by atoms with van der Waals surface area (Å²) in [7, 11) is 0. The number of nitrogens with one attached hydrogen (secondary N) is 1. The quantitative estimate of drug-likeness (QED) is 0.590. The molecule has 58 valence electrons. The van der Waals surface area contributed by atoms with Crippen molar-refractivity contribution in [1.82, 2.24) is 10.2 Å². The molecule has 0 saturated carbocycles. The summed E-state index contributed by atoms with van der Waals surface area (Å²) in [4.78, 5) is 11.1. The van der Waals surface area contributed by atoms with Crippen LogP contribution in [0.15, 0.2) is 11.0 Å². The Balaban J connectivity index is 2.58. The lowest BCUT2D eigenvalue weighted by molar-refractivity contribution is 0.666. The summed E-state index contributed by atoms with van der Waals surface area (Å²) in [6.45, 7) is 0. The predicted octanol–water partition coefficient (Wildman–Crippen LogP) is 0.649. The fourth-order valence-corrected chi connectivity index (χ4v) is 1.57. The van der Waals surface area contributed by atoms with E-state index in [4.69, 9.17) is 0 Å². The monoisotopic (exact) mass is 150 g/mol. The molecule has 3 heteroatoms. The molecule has 0 amide bonds. The van der Waals surface area contributed by atoms with Gasteiger partial charge in [0.05, 0.1) is 6.20 Å². The molecule has 1 aliphatic rings. The number of aromatic amines is 1. The van der Waals surface area contributed by atoms with E-state index in [0.29, 0.717) is 0 Å². The first kappa shape index (κ1) is 6.58. The van der Waals surface area contributed by atoms with Crippen molar-refractivity contribution >= 4 is 0 Å². The Hall–Kier alpha value is -1.12.